The van der Waals surface area contributed by atoms with E-state index >= 15 is 0 Å². The van der Waals surface area contributed by atoms with Crippen LogP contribution in [-0.4, -0.2) is 65.0 Å². The first-order valence-electron chi connectivity index (χ1n) is 13.8. The number of nitrogens with two attached hydrogens (primary N) is 1. The van der Waals surface area contributed by atoms with E-state index in [1.54, 1.807) is 34.9 Å². The van der Waals surface area contributed by atoms with Crippen molar-refractivity contribution in [3.8, 4) is 23.1 Å². The number of anilines is 2. The van der Waals surface area contributed by atoms with Crippen molar-refractivity contribution in [3.63, 3.8) is 0 Å². The van der Waals surface area contributed by atoms with Gasteiger partial charge in [-0.05, 0) is 42.3 Å². The fourth-order valence-corrected chi connectivity index (χ4v) is 4.50. The fourth-order valence-electron chi connectivity index (χ4n) is 4.50. The van der Waals surface area contributed by atoms with E-state index in [2.05, 4.69) is 25.9 Å². The second kappa shape index (κ2) is 15.2. The number of nitriles is 1. The lowest BCUT2D eigenvalue weighted by Gasteiger charge is -2.14. The van der Waals surface area contributed by atoms with E-state index in [0.29, 0.717) is 29.1 Å². The maximum atomic E-state index is 15.0. The number of nitrogens with zero attached hydrogens (tertiary/aromatic N) is 4. The van der Waals surface area contributed by atoms with Gasteiger partial charge in [0.25, 0.3) is 12.4 Å². The number of halogens is 2. The third kappa shape index (κ3) is 7.67. The number of fused-ring (bicyclic) bond motifs is 1. The summed E-state index contributed by atoms with van der Waals surface area (Å²) in [5.41, 5.74) is 7.81. The molecule has 2 aromatic heterocycles. The van der Waals surface area contributed by atoms with Crippen LogP contribution < -0.4 is 26.4 Å². The molecule has 0 spiro atoms. The summed E-state index contributed by atoms with van der Waals surface area (Å²) in [5.74, 6) is -3.08. The van der Waals surface area contributed by atoms with Crippen LogP contribution in [0.2, 0.25) is 0 Å². The fraction of sp³-hybridized carbons (Fsp3) is 0.267. The van der Waals surface area contributed by atoms with Gasteiger partial charge >= 0.3 is 0 Å². The molecule has 2 heterocycles. The molecule has 1 unspecified atom stereocenters. The summed E-state index contributed by atoms with van der Waals surface area (Å²) in [6, 6.07) is 9.44. The Bertz CT molecular complexity index is 1740. The molecular formula is C30H30F2N8O5. The molecule has 4 rings (SSSR count). The summed E-state index contributed by atoms with van der Waals surface area (Å²) >= 11 is 0. The van der Waals surface area contributed by atoms with Crippen molar-refractivity contribution < 1.29 is 32.6 Å². The van der Waals surface area contributed by atoms with E-state index in [1.165, 1.54) is 24.5 Å². The average Bonchev–Trinajstić information content (AvgIpc) is 3.48. The number of benzene rings is 2. The highest BCUT2D eigenvalue weighted by atomic mass is 19.2. The van der Waals surface area contributed by atoms with Crippen LogP contribution in [0.1, 0.15) is 29.3 Å². The Morgan fingerprint density at radius 2 is 1.96 bits per heavy atom. The Kier molecular flexibility index (Phi) is 10.9. The average molecular weight is 621 g/mol. The van der Waals surface area contributed by atoms with Gasteiger partial charge in [0.05, 0.1) is 18.3 Å². The second-order valence-corrected chi connectivity index (χ2v) is 9.55. The van der Waals surface area contributed by atoms with E-state index in [4.69, 9.17) is 20.5 Å². The summed E-state index contributed by atoms with van der Waals surface area (Å²) in [5, 5.41) is 17.2. The third-order valence-corrected chi connectivity index (χ3v) is 6.69. The molecule has 0 radical (unpaired) electrons. The van der Waals surface area contributed by atoms with Gasteiger partial charge in [-0.25, -0.2) is 14.4 Å². The Hall–Kier alpha value is -5.62. The number of hydrogen-bond acceptors (Lipinski definition) is 10. The molecule has 0 saturated carbocycles. The van der Waals surface area contributed by atoms with E-state index in [1.807, 2.05) is 6.92 Å². The number of carbonyl (C=O) groups is 3. The molecule has 2 amide bonds. The third-order valence-electron chi connectivity index (χ3n) is 6.69. The summed E-state index contributed by atoms with van der Waals surface area (Å²) < 4.78 is 40.7. The van der Waals surface area contributed by atoms with Crippen LogP contribution in [-0.2, 0) is 20.7 Å². The summed E-state index contributed by atoms with van der Waals surface area (Å²) in [7, 11) is 0. The molecule has 5 N–H and O–H groups in total. The van der Waals surface area contributed by atoms with Gasteiger partial charge in [-0.15, -0.1) is 0 Å². The summed E-state index contributed by atoms with van der Waals surface area (Å²) in [4.78, 5) is 44.0. The second-order valence-electron chi connectivity index (χ2n) is 9.55. The minimum Gasteiger partial charge on any atom is -0.476 e. The smallest absolute Gasteiger partial charge is 0.293 e. The van der Waals surface area contributed by atoms with Crippen LogP contribution in [0.3, 0.4) is 0 Å². The van der Waals surface area contributed by atoms with Crippen LogP contribution >= 0.6 is 0 Å². The molecule has 45 heavy (non-hydrogen) atoms. The van der Waals surface area contributed by atoms with E-state index in [9.17, 15) is 23.2 Å². The van der Waals surface area contributed by atoms with Crippen molar-refractivity contribution in [2.24, 2.45) is 5.73 Å². The number of carbonyl (C=O) groups excluding carboxylic acids is 3. The largest absolute Gasteiger partial charge is 0.476 e. The number of aromatic nitrogens is 3. The van der Waals surface area contributed by atoms with Gasteiger partial charge in [-0.1, -0.05) is 6.92 Å². The van der Waals surface area contributed by atoms with Gasteiger partial charge in [-0.3, -0.25) is 18.8 Å². The zero-order valence-electron chi connectivity index (χ0n) is 24.2. The predicted octanol–water partition coefficient (Wildman–Crippen LogP) is 2.62. The summed E-state index contributed by atoms with van der Waals surface area (Å²) in [6.07, 6.45) is 4.17. The normalized spacial score (nSPS) is 11.4. The van der Waals surface area contributed by atoms with Crippen LogP contribution in [0.15, 0.2) is 48.9 Å². The van der Waals surface area contributed by atoms with Crippen LogP contribution in [0, 0.1) is 23.0 Å². The number of aryl methyl sites for hydroxylation is 1. The molecule has 0 saturated heterocycles. The Morgan fingerprint density at radius 3 is 2.69 bits per heavy atom. The van der Waals surface area contributed by atoms with Gasteiger partial charge in [0.2, 0.25) is 11.7 Å². The zero-order chi connectivity index (χ0) is 32.3. The van der Waals surface area contributed by atoms with Crippen molar-refractivity contribution in [1.82, 2.24) is 25.0 Å². The monoisotopic (exact) mass is 620 g/mol. The van der Waals surface area contributed by atoms with Crippen LogP contribution in [0.25, 0.3) is 16.9 Å². The lowest BCUT2D eigenvalue weighted by molar-refractivity contribution is -0.135. The van der Waals surface area contributed by atoms with E-state index in [0.717, 1.165) is 5.56 Å². The minimum absolute atomic E-state index is 0.0132. The highest BCUT2D eigenvalue weighted by Gasteiger charge is 2.20. The minimum atomic E-state index is -1.21. The van der Waals surface area contributed by atoms with Crippen molar-refractivity contribution in [2.75, 3.05) is 31.6 Å². The van der Waals surface area contributed by atoms with E-state index < -0.39 is 24.3 Å². The van der Waals surface area contributed by atoms with Gasteiger partial charge < -0.3 is 31.2 Å². The molecule has 15 heteroatoms. The quantitative estimate of drug-likeness (QED) is 0.114. The van der Waals surface area contributed by atoms with Crippen LogP contribution in [0.5, 0.6) is 5.75 Å². The molecule has 0 bridgehead atoms. The molecule has 0 aliphatic carbocycles. The van der Waals surface area contributed by atoms with Crippen molar-refractivity contribution in [1.29, 1.82) is 5.26 Å². The lowest BCUT2D eigenvalue weighted by Crippen LogP contribution is -2.37. The van der Waals surface area contributed by atoms with Gasteiger partial charge in [0, 0.05) is 48.8 Å². The zero-order valence-corrected chi connectivity index (χ0v) is 24.2. The van der Waals surface area contributed by atoms with Crippen molar-refractivity contribution >= 4 is 35.4 Å². The molecule has 234 valence electrons. The van der Waals surface area contributed by atoms with Crippen molar-refractivity contribution in [3.05, 3.63) is 71.7 Å². The van der Waals surface area contributed by atoms with E-state index in [-0.39, 0.29) is 61.3 Å². The number of hydrogen-bond donors (Lipinski definition) is 4. The first-order valence-corrected chi connectivity index (χ1v) is 13.8. The first-order chi connectivity index (χ1) is 21.8. The predicted molar refractivity (Wildman–Crippen MR) is 159 cm³/mol. The molecule has 0 fully saturated rings. The number of nitrogens with one attached hydrogen (secondary N) is 3. The Labute approximate surface area is 256 Å². The molecule has 1 atom stereocenters. The number of ether oxygens (including phenoxy) is 2. The van der Waals surface area contributed by atoms with Gasteiger partial charge in [0.15, 0.2) is 29.6 Å². The molecule has 2 aromatic carbocycles. The molecule has 4 aromatic rings. The van der Waals surface area contributed by atoms with Crippen molar-refractivity contribution in [2.45, 2.75) is 25.9 Å². The maximum Gasteiger partial charge on any atom is 0.293 e. The lowest BCUT2D eigenvalue weighted by atomic mass is 10.0. The molecule has 0 aliphatic heterocycles. The number of amides is 2. The highest BCUT2D eigenvalue weighted by Crippen LogP contribution is 2.32. The molecule has 13 nitrogen and oxygen atoms in total. The Balaban J connectivity index is 1.44. The van der Waals surface area contributed by atoms with Gasteiger partial charge in [-0.2, -0.15) is 9.65 Å². The first kappa shape index (κ1) is 32.3. The highest BCUT2D eigenvalue weighted by molar-refractivity contribution is 5.96. The summed E-state index contributed by atoms with van der Waals surface area (Å²) in [6.45, 7) is 2.07. The maximum absolute atomic E-state index is 15.0. The topological polar surface area (TPSA) is 186 Å². The molecular weight excluding hydrogens is 590 g/mol. The van der Waals surface area contributed by atoms with Gasteiger partial charge in [0.1, 0.15) is 12.2 Å². The number of imidazole rings is 1. The molecule has 0 aliphatic rings. The van der Waals surface area contributed by atoms with Crippen LogP contribution in [0.4, 0.5) is 20.3 Å². The number of rotatable bonds is 15. The Morgan fingerprint density at radius 1 is 1.16 bits per heavy atom. The SMILES string of the molecule is CCc1cc(Nc2nccn3c(-c4ccc(OCC#N)c(F)c4F)cnc23)ccc1C(=O)NCCNC(=O)CC(CN)OC=O. The standard InChI is InChI=1S/C30H30F2N8O5/c1-2-18-13-19(3-4-21(18)30(43)37-9-8-35-25(42)14-20(15-34)45-17-41)39-28-29-38-16-23(40(29)11-10-36-28)22-5-6-24(44-12-7-33)27(32)26(22)31/h3-6,10-11,13,16-17,20H,2,8-9,12,14-15,34H2,1H3,(H,35,42)(H,36,39)(H,37,43).